The summed E-state index contributed by atoms with van der Waals surface area (Å²) in [5.74, 6) is 0.589. The Labute approximate surface area is 102 Å². The van der Waals surface area contributed by atoms with Crippen molar-refractivity contribution in [3.63, 3.8) is 0 Å². The molecule has 1 saturated carbocycles. The standard InChI is InChI=1S/C11H20N2O2S/c1-3-15-9-4-8(5-9)6-11(14)13(2)7-10(12)16/h8-9H,3-7H2,1-2H3,(H2,12,16). The maximum Gasteiger partial charge on any atom is 0.222 e. The Bertz CT molecular complexity index is 265. The number of hydrogen-bond acceptors (Lipinski definition) is 3. The highest BCUT2D eigenvalue weighted by molar-refractivity contribution is 7.80. The second kappa shape index (κ2) is 6.15. The van der Waals surface area contributed by atoms with Gasteiger partial charge in [-0.05, 0) is 25.7 Å². The number of ether oxygens (including phenoxy) is 1. The van der Waals surface area contributed by atoms with E-state index in [0.717, 1.165) is 19.4 Å². The number of carbonyl (C=O) groups is 1. The van der Waals surface area contributed by atoms with Gasteiger partial charge < -0.3 is 15.4 Å². The molecule has 0 aromatic carbocycles. The fraction of sp³-hybridized carbons (Fsp3) is 0.818. The Hall–Kier alpha value is -0.680. The van der Waals surface area contributed by atoms with Gasteiger partial charge in [0.2, 0.25) is 5.91 Å². The van der Waals surface area contributed by atoms with E-state index < -0.39 is 0 Å². The van der Waals surface area contributed by atoms with E-state index in [1.165, 1.54) is 0 Å². The van der Waals surface area contributed by atoms with Crippen molar-refractivity contribution in [2.45, 2.75) is 32.3 Å². The number of rotatable bonds is 6. The molecule has 1 aliphatic rings. The number of carbonyl (C=O) groups excluding carboxylic acids is 1. The molecule has 16 heavy (non-hydrogen) atoms. The van der Waals surface area contributed by atoms with Gasteiger partial charge in [-0.1, -0.05) is 12.2 Å². The lowest BCUT2D eigenvalue weighted by molar-refractivity contribution is -0.132. The van der Waals surface area contributed by atoms with Crippen LogP contribution in [-0.2, 0) is 9.53 Å². The van der Waals surface area contributed by atoms with Crippen molar-refractivity contribution in [2.24, 2.45) is 11.7 Å². The summed E-state index contributed by atoms with van der Waals surface area (Å²) in [6.45, 7) is 3.12. The molecule has 5 heteroatoms. The van der Waals surface area contributed by atoms with Crippen LogP contribution in [0.2, 0.25) is 0 Å². The van der Waals surface area contributed by atoms with E-state index in [9.17, 15) is 4.79 Å². The monoisotopic (exact) mass is 244 g/mol. The van der Waals surface area contributed by atoms with E-state index in [1.807, 2.05) is 6.92 Å². The zero-order valence-corrected chi connectivity index (χ0v) is 10.8. The molecule has 0 radical (unpaired) electrons. The molecule has 4 nitrogen and oxygen atoms in total. The Kier molecular flexibility index (Phi) is 5.15. The first-order valence-corrected chi connectivity index (χ1v) is 6.07. The topological polar surface area (TPSA) is 55.6 Å². The summed E-state index contributed by atoms with van der Waals surface area (Å²) in [5.41, 5.74) is 5.39. The molecule has 0 heterocycles. The fourth-order valence-electron chi connectivity index (χ4n) is 1.94. The van der Waals surface area contributed by atoms with Crippen LogP contribution in [0.1, 0.15) is 26.2 Å². The summed E-state index contributed by atoms with van der Waals surface area (Å²) in [5, 5.41) is 0. The molecular formula is C11H20N2O2S. The van der Waals surface area contributed by atoms with E-state index in [2.05, 4.69) is 0 Å². The molecule has 0 bridgehead atoms. The predicted molar refractivity (Wildman–Crippen MR) is 67.2 cm³/mol. The molecule has 0 atom stereocenters. The molecule has 1 rings (SSSR count). The molecule has 0 aromatic heterocycles. The molecule has 0 aliphatic heterocycles. The average molecular weight is 244 g/mol. The van der Waals surface area contributed by atoms with Crippen LogP contribution in [0.25, 0.3) is 0 Å². The zero-order chi connectivity index (χ0) is 12.1. The Balaban J connectivity index is 2.18. The minimum absolute atomic E-state index is 0.118. The largest absolute Gasteiger partial charge is 0.392 e. The summed E-state index contributed by atoms with van der Waals surface area (Å²) < 4.78 is 5.45. The summed E-state index contributed by atoms with van der Waals surface area (Å²) in [4.78, 5) is 13.7. The highest BCUT2D eigenvalue weighted by atomic mass is 32.1. The maximum absolute atomic E-state index is 11.7. The van der Waals surface area contributed by atoms with Gasteiger partial charge in [-0.3, -0.25) is 4.79 Å². The van der Waals surface area contributed by atoms with Gasteiger partial charge in [0.15, 0.2) is 0 Å². The van der Waals surface area contributed by atoms with Crippen molar-refractivity contribution in [1.82, 2.24) is 4.90 Å². The van der Waals surface area contributed by atoms with Crippen molar-refractivity contribution in [1.29, 1.82) is 0 Å². The number of hydrogen-bond donors (Lipinski definition) is 1. The van der Waals surface area contributed by atoms with Crippen LogP contribution in [0.15, 0.2) is 0 Å². The first-order chi connectivity index (χ1) is 7.52. The van der Waals surface area contributed by atoms with E-state index in [1.54, 1.807) is 11.9 Å². The summed E-state index contributed by atoms with van der Waals surface area (Å²) in [6.07, 6.45) is 2.95. The third kappa shape index (κ3) is 4.06. The van der Waals surface area contributed by atoms with E-state index in [4.69, 9.17) is 22.7 Å². The lowest BCUT2D eigenvalue weighted by Crippen LogP contribution is -2.39. The normalized spacial score (nSPS) is 23.6. The highest BCUT2D eigenvalue weighted by Gasteiger charge is 2.31. The van der Waals surface area contributed by atoms with Crippen molar-refractivity contribution in [3.05, 3.63) is 0 Å². The lowest BCUT2D eigenvalue weighted by Gasteiger charge is -2.35. The molecule has 0 spiro atoms. The number of likely N-dealkylation sites (N-methyl/N-ethyl adjacent to an activating group) is 1. The second-order valence-corrected chi connectivity index (χ2v) is 4.86. The van der Waals surface area contributed by atoms with Crippen molar-refractivity contribution in [2.75, 3.05) is 20.2 Å². The van der Waals surface area contributed by atoms with Gasteiger partial charge in [0.05, 0.1) is 17.6 Å². The zero-order valence-electron chi connectivity index (χ0n) is 9.94. The lowest BCUT2D eigenvalue weighted by atomic mass is 9.80. The first-order valence-electron chi connectivity index (χ1n) is 5.66. The molecule has 0 unspecified atom stereocenters. The van der Waals surface area contributed by atoms with Crippen molar-refractivity contribution >= 4 is 23.1 Å². The van der Waals surface area contributed by atoms with E-state index >= 15 is 0 Å². The number of amides is 1. The first kappa shape index (κ1) is 13.4. The van der Waals surface area contributed by atoms with Crippen LogP contribution < -0.4 is 5.73 Å². The van der Waals surface area contributed by atoms with Crippen LogP contribution >= 0.6 is 12.2 Å². The third-order valence-electron chi connectivity index (χ3n) is 2.88. The molecule has 0 aromatic rings. The SMILES string of the molecule is CCOC1CC(CC(=O)N(C)CC(N)=S)C1. The van der Waals surface area contributed by atoms with Crippen molar-refractivity contribution < 1.29 is 9.53 Å². The van der Waals surface area contributed by atoms with E-state index in [-0.39, 0.29) is 5.91 Å². The Morgan fingerprint density at radius 2 is 2.19 bits per heavy atom. The van der Waals surface area contributed by atoms with Crippen LogP contribution in [-0.4, -0.2) is 42.1 Å². The number of nitrogens with two attached hydrogens (primary N) is 1. The Morgan fingerprint density at radius 3 is 2.69 bits per heavy atom. The quantitative estimate of drug-likeness (QED) is 0.706. The van der Waals surface area contributed by atoms with Gasteiger partial charge in [-0.2, -0.15) is 0 Å². The minimum Gasteiger partial charge on any atom is -0.392 e. The van der Waals surface area contributed by atoms with Crippen LogP contribution in [0, 0.1) is 5.92 Å². The Morgan fingerprint density at radius 1 is 1.56 bits per heavy atom. The molecule has 0 saturated heterocycles. The summed E-state index contributed by atoms with van der Waals surface area (Å²) >= 11 is 4.76. The third-order valence-corrected chi connectivity index (χ3v) is 3.01. The molecule has 1 aliphatic carbocycles. The second-order valence-electron chi connectivity index (χ2n) is 4.34. The van der Waals surface area contributed by atoms with Gasteiger partial charge >= 0.3 is 0 Å². The molecule has 1 fully saturated rings. The van der Waals surface area contributed by atoms with Crippen LogP contribution in [0.4, 0.5) is 0 Å². The summed E-state index contributed by atoms with van der Waals surface area (Å²) in [7, 11) is 1.74. The number of thiocarbonyl (C=S) groups is 1. The smallest absolute Gasteiger partial charge is 0.222 e. The van der Waals surface area contributed by atoms with Crippen LogP contribution in [0.5, 0.6) is 0 Å². The molecule has 1 amide bonds. The van der Waals surface area contributed by atoms with Gasteiger partial charge in [0.1, 0.15) is 0 Å². The maximum atomic E-state index is 11.7. The van der Waals surface area contributed by atoms with Gasteiger partial charge in [-0.25, -0.2) is 0 Å². The summed E-state index contributed by atoms with van der Waals surface area (Å²) in [6, 6.07) is 0. The predicted octanol–water partition coefficient (Wildman–Crippen LogP) is 0.936. The number of nitrogens with zero attached hydrogens (tertiary/aromatic N) is 1. The van der Waals surface area contributed by atoms with Crippen molar-refractivity contribution in [3.8, 4) is 0 Å². The molecule has 92 valence electrons. The average Bonchev–Trinajstić information content (AvgIpc) is 2.13. The fourth-order valence-corrected chi connectivity index (χ4v) is 2.13. The van der Waals surface area contributed by atoms with Gasteiger partial charge in [0.25, 0.3) is 0 Å². The molecular weight excluding hydrogens is 224 g/mol. The molecule has 2 N–H and O–H groups in total. The van der Waals surface area contributed by atoms with Crippen LogP contribution in [0.3, 0.4) is 0 Å². The van der Waals surface area contributed by atoms with Gasteiger partial charge in [-0.15, -0.1) is 0 Å². The minimum atomic E-state index is 0.118. The van der Waals surface area contributed by atoms with E-state index in [0.29, 0.717) is 30.0 Å². The highest BCUT2D eigenvalue weighted by Crippen LogP contribution is 2.32. The van der Waals surface area contributed by atoms with Gasteiger partial charge in [0, 0.05) is 20.1 Å².